The molecule has 80 heavy (non-hydrogen) atoms. The van der Waals surface area contributed by atoms with Crippen molar-refractivity contribution in [1.29, 1.82) is 0 Å². The minimum Gasteiger partial charge on any atom is -0.394 e. The SMILES string of the molecule is Nc1ccn([C@H]2CC(O)[C@@H](COP(O)(=S)OC3C[C@H](n4cnc5c(N)ncnc54)O[C@@H]3COP(O)(=S)OC3C[C@H](n4cnc5c(=O)[nH]c(N)nc54)O[C@@H]3COP(O)(=S)OC3C[C@H](n4cnc5c(N)ncnc54)O[C@@H]3CO)O2)c(=O)n1. The molecule has 41 heteroatoms. The van der Waals surface area contributed by atoms with Gasteiger partial charge in [-0.3, -0.25) is 28.0 Å². The number of aromatic amines is 1. The number of aliphatic hydroxyl groups excluding tert-OH is 2. The van der Waals surface area contributed by atoms with Gasteiger partial charge >= 0.3 is 25.8 Å². The molecule has 14 N–H and O–H groups in total. The predicted molar refractivity (Wildman–Crippen MR) is 284 cm³/mol. The first-order valence-electron chi connectivity index (χ1n) is 23.9. The zero-order valence-electron chi connectivity index (χ0n) is 41.0. The van der Waals surface area contributed by atoms with E-state index in [9.17, 15) is 34.5 Å². The summed E-state index contributed by atoms with van der Waals surface area (Å²) in [4.78, 5) is 99.5. The summed E-state index contributed by atoms with van der Waals surface area (Å²) in [6.45, 7) is -15.0. The molecule has 35 nitrogen and oxygen atoms in total. The molecule has 7 unspecified atom stereocenters. The van der Waals surface area contributed by atoms with Gasteiger partial charge in [0.1, 0.15) is 78.8 Å². The van der Waals surface area contributed by atoms with Crippen LogP contribution in [0.1, 0.15) is 50.6 Å². The summed E-state index contributed by atoms with van der Waals surface area (Å²) in [5.74, 6) is 0.0148. The molecule has 7 aromatic rings. The lowest BCUT2D eigenvalue weighted by Gasteiger charge is -2.28. The maximum atomic E-state index is 12.7. The fraction of sp³-hybridized carbons (Fsp3) is 0.513. The van der Waals surface area contributed by atoms with Crippen LogP contribution in [0.5, 0.6) is 0 Å². The van der Waals surface area contributed by atoms with E-state index >= 15 is 0 Å². The van der Waals surface area contributed by atoms with Crippen molar-refractivity contribution in [3.8, 4) is 0 Å². The van der Waals surface area contributed by atoms with Gasteiger partial charge in [-0.2, -0.15) is 9.97 Å². The van der Waals surface area contributed by atoms with E-state index in [1.165, 1.54) is 53.0 Å². The minimum atomic E-state index is -4.41. The number of nitrogens with zero attached hydrogens (tertiary/aromatic N) is 13. The lowest BCUT2D eigenvalue weighted by molar-refractivity contribution is -0.0554. The molecule has 4 fully saturated rings. The number of nitrogens with one attached hydrogen (secondary N) is 1. The highest BCUT2D eigenvalue weighted by Gasteiger charge is 2.47. The monoisotopic (exact) mass is 1230 g/mol. The zero-order valence-corrected chi connectivity index (χ0v) is 46.1. The summed E-state index contributed by atoms with van der Waals surface area (Å²) in [5, 5.41) is 21.1. The number of aromatic nitrogens is 14. The highest BCUT2D eigenvalue weighted by atomic mass is 32.5. The van der Waals surface area contributed by atoms with Gasteiger partial charge in [-0.15, -0.1) is 0 Å². The first kappa shape index (κ1) is 56.7. The topological polar surface area (TPSA) is 483 Å². The second-order valence-corrected chi connectivity index (χ2v) is 26.8. The molecule has 4 aliphatic heterocycles. The van der Waals surface area contributed by atoms with Gasteiger partial charge in [-0.05, 0) is 41.5 Å². The van der Waals surface area contributed by atoms with Gasteiger partial charge in [0, 0.05) is 31.9 Å². The summed E-state index contributed by atoms with van der Waals surface area (Å²) in [7, 11) is 0. The fourth-order valence-electron chi connectivity index (χ4n) is 9.51. The summed E-state index contributed by atoms with van der Waals surface area (Å²) >= 11 is 16.5. The van der Waals surface area contributed by atoms with E-state index in [0.29, 0.717) is 11.2 Å². The first-order chi connectivity index (χ1) is 38.1. The van der Waals surface area contributed by atoms with Crippen molar-refractivity contribution in [2.45, 2.75) is 99.4 Å². The van der Waals surface area contributed by atoms with Crippen LogP contribution in [0, 0.1) is 0 Å². The lowest BCUT2D eigenvalue weighted by atomic mass is 10.2. The van der Waals surface area contributed by atoms with E-state index in [2.05, 4.69) is 49.8 Å². The van der Waals surface area contributed by atoms with Crippen LogP contribution in [0.25, 0.3) is 33.5 Å². The van der Waals surface area contributed by atoms with Crippen LogP contribution in [0.4, 0.5) is 23.4 Å². The van der Waals surface area contributed by atoms with Gasteiger partial charge in [0.15, 0.2) is 34.1 Å². The fourth-order valence-corrected chi connectivity index (χ4v) is 13.9. The van der Waals surface area contributed by atoms with Crippen molar-refractivity contribution in [3.05, 3.63) is 64.7 Å². The maximum Gasteiger partial charge on any atom is 0.351 e. The summed E-state index contributed by atoms with van der Waals surface area (Å²) in [6.07, 6.45) is -4.88. The number of rotatable bonds is 20. The average molecular weight is 1230 g/mol. The van der Waals surface area contributed by atoms with E-state index in [1.54, 1.807) is 4.57 Å². The van der Waals surface area contributed by atoms with Crippen LogP contribution >= 0.6 is 20.2 Å². The van der Waals surface area contributed by atoms with Gasteiger partial charge in [0.25, 0.3) is 5.56 Å². The Morgan fingerprint density at radius 3 is 1.52 bits per heavy atom. The molecule has 11 rings (SSSR count). The number of nitrogen functional groups attached to an aromatic ring is 4. The third-order valence-corrected chi connectivity index (χ3v) is 18.0. The largest absolute Gasteiger partial charge is 0.394 e. The van der Waals surface area contributed by atoms with Crippen LogP contribution < -0.4 is 34.2 Å². The maximum absolute atomic E-state index is 12.7. The normalized spacial score (nSPS) is 29.4. The predicted octanol–water partition coefficient (Wildman–Crippen LogP) is -1.26. The van der Waals surface area contributed by atoms with E-state index in [0.717, 1.165) is 4.57 Å². The summed E-state index contributed by atoms with van der Waals surface area (Å²) in [5.41, 5.74) is 23.4. The Hall–Kier alpha value is -5.12. The highest BCUT2D eigenvalue weighted by molar-refractivity contribution is 8.07. The molecular formula is C39H49N18O17P3S3. The van der Waals surface area contributed by atoms with Gasteiger partial charge in [0.2, 0.25) is 5.95 Å². The molecule has 0 aliphatic carbocycles. The number of anilines is 4. The molecule has 4 saturated heterocycles. The Labute approximate surface area is 463 Å². The number of aliphatic hydroxyl groups is 2. The van der Waals surface area contributed by atoms with Crippen molar-refractivity contribution in [2.75, 3.05) is 49.4 Å². The third kappa shape index (κ3) is 11.9. The standard InChI is InChI=1S/C39H49N18O17P3S3/c40-24-1-2-54(39(61)51-24)25-3-16(59)21(69-25)8-65-75(62,78)73-18-5-27(56-14-49-30-33(42)45-12-47-35(30)56)70-22(18)9-67-77(64,80)74-19-6-28(57-15-50-31-36(57)52-38(43)53-37(31)60)71-23(19)10-66-76(63,79)72-17-4-26(68-20(17)7-58)55-13-48-29-32(41)44-11-46-34(29)55/h1-2,11-23,25-28,58-59H,3-10H2,(H,62,78)(H,63,79)(H,64,80)(H2,40,51,61)(H2,41,44,46)(H2,42,45,47)(H3,43,52,53,60)/t16?,17?,18?,19?,20-,21-,22-,23-,25-,26-,27-,28-,75?,76?,77?/m1/s1. The molecule has 0 aromatic carbocycles. The van der Waals surface area contributed by atoms with Crippen LogP contribution in [-0.2, 0) is 81.5 Å². The molecule has 7 aromatic heterocycles. The Morgan fingerprint density at radius 1 is 0.588 bits per heavy atom. The Kier molecular flexibility index (Phi) is 16.0. The molecular weight excluding hydrogens is 1180 g/mol. The lowest BCUT2D eigenvalue weighted by Crippen LogP contribution is -2.31. The van der Waals surface area contributed by atoms with Crippen molar-refractivity contribution >= 4 is 112 Å². The Balaban J connectivity index is 0.789. The van der Waals surface area contributed by atoms with E-state index in [1.807, 2.05) is 0 Å². The molecule has 15 atom stereocenters. The second-order valence-electron chi connectivity index (χ2n) is 18.4. The average Bonchev–Trinajstić information content (AvgIpc) is 4.29. The molecule has 0 radical (unpaired) electrons. The second kappa shape index (κ2) is 22.6. The van der Waals surface area contributed by atoms with Crippen molar-refractivity contribution in [1.82, 2.24) is 68.1 Å². The van der Waals surface area contributed by atoms with E-state index in [4.69, 9.17) is 104 Å². The number of hydrogen-bond donors (Lipinski definition) is 10. The Morgan fingerprint density at radius 2 is 1.02 bits per heavy atom. The van der Waals surface area contributed by atoms with Crippen molar-refractivity contribution in [2.24, 2.45) is 0 Å². The number of H-pyrrole nitrogens is 1. The van der Waals surface area contributed by atoms with Gasteiger partial charge < -0.3 is 93.9 Å². The molecule has 430 valence electrons. The van der Waals surface area contributed by atoms with Crippen LogP contribution in [0.15, 0.2) is 53.5 Å². The number of hydrogen-bond acceptors (Lipinski definition) is 30. The molecule has 0 bridgehead atoms. The molecule has 0 amide bonds. The summed E-state index contributed by atoms with van der Waals surface area (Å²) < 4.78 is 65.9. The number of imidazole rings is 3. The number of ether oxygens (including phenoxy) is 4. The van der Waals surface area contributed by atoms with E-state index < -0.39 is 132 Å². The number of nitrogens with two attached hydrogens (primary N) is 4. The zero-order chi connectivity index (χ0) is 56.4. The third-order valence-electron chi connectivity index (χ3n) is 13.3. The first-order valence-corrected chi connectivity index (χ1v) is 31.7. The van der Waals surface area contributed by atoms with Crippen LogP contribution in [0.2, 0.25) is 0 Å². The molecule has 0 saturated carbocycles. The minimum absolute atomic E-state index is 0.00188. The van der Waals surface area contributed by atoms with Gasteiger partial charge in [-0.1, -0.05) is 0 Å². The smallest absolute Gasteiger partial charge is 0.351 e. The molecule has 4 aliphatic rings. The molecule has 0 spiro atoms. The van der Waals surface area contributed by atoms with E-state index in [-0.39, 0.29) is 71.4 Å². The quantitative estimate of drug-likeness (QED) is 0.0398. The van der Waals surface area contributed by atoms with Gasteiger partial charge in [0.05, 0.1) is 69.8 Å². The van der Waals surface area contributed by atoms with Gasteiger partial charge in [-0.25, -0.2) is 39.7 Å². The van der Waals surface area contributed by atoms with Crippen LogP contribution in [0.3, 0.4) is 0 Å². The Bertz CT molecular complexity index is 3730. The summed E-state index contributed by atoms with van der Waals surface area (Å²) in [6, 6.07) is 1.39. The number of fused-ring (bicyclic) bond motifs is 3. The van der Waals surface area contributed by atoms with Crippen molar-refractivity contribution in [3.63, 3.8) is 0 Å². The molecule has 11 heterocycles. The van der Waals surface area contributed by atoms with Crippen molar-refractivity contribution < 1.29 is 71.0 Å². The van der Waals surface area contributed by atoms with Crippen LogP contribution in [-0.4, -0.2) is 168 Å². The highest BCUT2D eigenvalue weighted by Crippen LogP contribution is 2.54.